The van der Waals surface area contributed by atoms with E-state index >= 15 is 0 Å². The van der Waals surface area contributed by atoms with Crippen molar-refractivity contribution in [2.75, 3.05) is 0 Å². The first-order valence-corrected chi connectivity index (χ1v) is 7.52. The fourth-order valence-electron chi connectivity index (χ4n) is 2.83. The second kappa shape index (κ2) is 5.19. The molecule has 2 N–H and O–H groups in total. The number of hydrogen-bond acceptors (Lipinski definition) is 3. The van der Waals surface area contributed by atoms with Gasteiger partial charge in [0.15, 0.2) is 0 Å². The molecule has 1 amide bonds. The number of carbonyl (C=O) groups excluding carboxylic acids is 1. The van der Waals surface area contributed by atoms with Gasteiger partial charge in [-0.1, -0.05) is 12.1 Å². The minimum atomic E-state index is -0.499. The molecule has 0 spiro atoms. The summed E-state index contributed by atoms with van der Waals surface area (Å²) in [4.78, 5) is 26.7. The molecule has 0 bridgehead atoms. The van der Waals surface area contributed by atoms with Crippen LogP contribution in [0.25, 0.3) is 11.0 Å². The number of amides is 1. The normalized spacial score (nSPS) is 21.4. The number of rotatable bonds is 2. The van der Waals surface area contributed by atoms with Crippen LogP contribution in [0.15, 0.2) is 29.1 Å². The summed E-state index contributed by atoms with van der Waals surface area (Å²) in [5.41, 5.74) is 1.16. The van der Waals surface area contributed by atoms with Gasteiger partial charge in [-0.3, -0.25) is 4.57 Å². The van der Waals surface area contributed by atoms with Gasteiger partial charge in [0.2, 0.25) is 0 Å². The quantitative estimate of drug-likeness (QED) is 0.895. The molecule has 1 fully saturated rings. The van der Waals surface area contributed by atoms with Crippen LogP contribution in [0.1, 0.15) is 39.7 Å². The van der Waals surface area contributed by atoms with Gasteiger partial charge >= 0.3 is 11.8 Å². The van der Waals surface area contributed by atoms with E-state index in [-0.39, 0.29) is 17.8 Å². The van der Waals surface area contributed by atoms with Crippen molar-refractivity contribution in [1.82, 2.24) is 14.9 Å². The molecule has 1 aliphatic rings. The van der Waals surface area contributed by atoms with Gasteiger partial charge in [0, 0.05) is 12.1 Å². The summed E-state index contributed by atoms with van der Waals surface area (Å²) in [7, 11) is 0. The maximum absolute atomic E-state index is 12.1. The van der Waals surface area contributed by atoms with E-state index in [1.165, 1.54) is 0 Å². The SMILES string of the molecule is CC(C)(C)OC(=O)N[C@H]1C[C@@H](n2c(=O)[nH]c3ccccc32)C1. The molecule has 22 heavy (non-hydrogen) atoms. The lowest BCUT2D eigenvalue weighted by molar-refractivity contribution is 0.0457. The molecule has 1 heterocycles. The minimum absolute atomic E-state index is 0.0559. The summed E-state index contributed by atoms with van der Waals surface area (Å²) < 4.78 is 7.02. The van der Waals surface area contributed by atoms with Crippen LogP contribution in [0, 0.1) is 0 Å². The molecule has 0 saturated heterocycles. The van der Waals surface area contributed by atoms with Gasteiger partial charge in [-0.2, -0.15) is 0 Å². The summed E-state index contributed by atoms with van der Waals surface area (Å²) in [6.07, 6.45) is 1.07. The average molecular weight is 303 g/mol. The van der Waals surface area contributed by atoms with Crippen molar-refractivity contribution in [3.63, 3.8) is 0 Å². The van der Waals surface area contributed by atoms with E-state index in [1.807, 2.05) is 45.0 Å². The van der Waals surface area contributed by atoms with Crippen molar-refractivity contribution in [2.24, 2.45) is 0 Å². The van der Waals surface area contributed by atoms with Crippen molar-refractivity contribution in [2.45, 2.75) is 51.3 Å². The molecule has 118 valence electrons. The highest BCUT2D eigenvalue weighted by Gasteiger charge is 2.34. The Kier molecular flexibility index (Phi) is 3.47. The molecule has 6 nitrogen and oxygen atoms in total. The number of nitrogens with one attached hydrogen (secondary N) is 2. The summed E-state index contributed by atoms with van der Waals surface area (Å²) in [6.45, 7) is 5.50. The molecule has 3 rings (SSSR count). The van der Waals surface area contributed by atoms with Gasteiger partial charge in [0.1, 0.15) is 5.60 Å². The van der Waals surface area contributed by atoms with Crippen LogP contribution in [0.2, 0.25) is 0 Å². The van der Waals surface area contributed by atoms with Crippen LogP contribution in [0.5, 0.6) is 0 Å². The topological polar surface area (TPSA) is 76.1 Å². The van der Waals surface area contributed by atoms with Gasteiger partial charge in [0.25, 0.3) is 0 Å². The zero-order valence-electron chi connectivity index (χ0n) is 13.1. The van der Waals surface area contributed by atoms with E-state index in [4.69, 9.17) is 4.74 Å². The lowest BCUT2D eigenvalue weighted by Crippen LogP contribution is -2.48. The maximum atomic E-state index is 12.1. The Balaban J connectivity index is 1.65. The Bertz CT molecular complexity index is 748. The van der Waals surface area contributed by atoms with Crippen molar-refractivity contribution < 1.29 is 9.53 Å². The summed E-state index contributed by atoms with van der Waals surface area (Å²) in [5, 5.41) is 2.85. The third kappa shape index (κ3) is 2.86. The second-order valence-electron chi connectivity index (χ2n) is 6.79. The van der Waals surface area contributed by atoms with Gasteiger partial charge < -0.3 is 15.0 Å². The van der Waals surface area contributed by atoms with Gasteiger partial charge in [-0.25, -0.2) is 9.59 Å². The predicted octanol–water partition coefficient (Wildman–Crippen LogP) is 2.56. The molecule has 1 aliphatic carbocycles. The van der Waals surface area contributed by atoms with Gasteiger partial charge in [-0.15, -0.1) is 0 Å². The lowest BCUT2D eigenvalue weighted by Gasteiger charge is -2.36. The molecule has 0 aliphatic heterocycles. The molecule has 0 atom stereocenters. The largest absolute Gasteiger partial charge is 0.444 e. The smallest absolute Gasteiger partial charge is 0.407 e. The molecule has 6 heteroatoms. The Morgan fingerprint density at radius 1 is 1.32 bits per heavy atom. The van der Waals surface area contributed by atoms with Gasteiger partial charge in [-0.05, 0) is 45.7 Å². The molecule has 1 saturated carbocycles. The number of hydrogen-bond donors (Lipinski definition) is 2. The number of ether oxygens (including phenoxy) is 1. The van der Waals surface area contributed by atoms with Crippen molar-refractivity contribution in [1.29, 1.82) is 0 Å². The second-order valence-corrected chi connectivity index (χ2v) is 6.79. The highest BCUT2D eigenvalue weighted by atomic mass is 16.6. The Morgan fingerprint density at radius 3 is 2.68 bits per heavy atom. The predicted molar refractivity (Wildman–Crippen MR) is 84.0 cm³/mol. The molecule has 2 aromatic rings. The van der Waals surface area contributed by atoms with Crippen LogP contribution in [0.4, 0.5) is 4.79 Å². The van der Waals surface area contributed by atoms with Crippen LogP contribution in [0.3, 0.4) is 0 Å². The van der Waals surface area contributed by atoms with E-state index < -0.39 is 11.7 Å². The van der Waals surface area contributed by atoms with Crippen molar-refractivity contribution >= 4 is 17.1 Å². The highest BCUT2D eigenvalue weighted by molar-refractivity contribution is 5.75. The summed E-state index contributed by atoms with van der Waals surface area (Å²) >= 11 is 0. The lowest BCUT2D eigenvalue weighted by atomic mass is 9.86. The van der Waals surface area contributed by atoms with E-state index in [9.17, 15) is 9.59 Å². The van der Waals surface area contributed by atoms with Gasteiger partial charge in [0.05, 0.1) is 11.0 Å². The average Bonchev–Trinajstić information content (AvgIpc) is 2.67. The molecular formula is C16H21N3O3. The standard InChI is InChI=1S/C16H21N3O3/c1-16(2,3)22-15(21)17-10-8-11(9-10)19-13-7-5-4-6-12(13)18-14(19)20/h4-7,10-11H,8-9H2,1-3H3,(H,17,21)(H,18,20)/t10-,11+. The van der Waals surface area contributed by atoms with Crippen LogP contribution in [-0.2, 0) is 4.74 Å². The zero-order valence-corrected chi connectivity index (χ0v) is 13.1. The number of aromatic nitrogens is 2. The number of alkyl carbamates (subject to hydrolysis) is 1. The first-order chi connectivity index (χ1) is 10.3. The summed E-state index contributed by atoms with van der Waals surface area (Å²) in [5.74, 6) is 0. The molecule has 1 aromatic carbocycles. The first kappa shape index (κ1) is 14.7. The van der Waals surface area contributed by atoms with E-state index in [0.717, 1.165) is 23.9 Å². The van der Waals surface area contributed by atoms with Crippen LogP contribution >= 0.6 is 0 Å². The molecule has 0 unspecified atom stereocenters. The van der Waals surface area contributed by atoms with E-state index in [0.29, 0.717) is 0 Å². The Morgan fingerprint density at radius 2 is 2.00 bits per heavy atom. The Hall–Kier alpha value is -2.24. The molecule has 0 radical (unpaired) electrons. The monoisotopic (exact) mass is 303 g/mol. The third-order valence-corrected chi connectivity index (χ3v) is 3.82. The number of nitrogens with zero attached hydrogens (tertiary/aromatic N) is 1. The minimum Gasteiger partial charge on any atom is -0.444 e. The first-order valence-electron chi connectivity index (χ1n) is 7.52. The van der Waals surface area contributed by atoms with Crippen LogP contribution < -0.4 is 11.0 Å². The molecule has 1 aromatic heterocycles. The number of H-pyrrole nitrogens is 1. The third-order valence-electron chi connectivity index (χ3n) is 3.82. The number of para-hydroxylation sites is 2. The fourth-order valence-corrected chi connectivity index (χ4v) is 2.83. The Labute approximate surface area is 128 Å². The number of aromatic amines is 1. The van der Waals surface area contributed by atoms with E-state index in [1.54, 1.807) is 4.57 Å². The number of imidazole rings is 1. The molecular weight excluding hydrogens is 282 g/mol. The van der Waals surface area contributed by atoms with E-state index in [2.05, 4.69) is 10.3 Å². The van der Waals surface area contributed by atoms with Crippen LogP contribution in [-0.4, -0.2) is 27.3 Å². The van der Waals surface area contributed by atoms with Crippen molar-refractivity contribution in [3.05, 3.63) is 34.7 Å². The zero-order chi connectivity index (χ0) is 15.9. The highest BCUT2D eigenvalue weighted by Crippen LogP contribution is 2.33. The maximum Gasteiger partial charge on any atom is 0.407 e. The number of carbonyl (C=O) groups is 1. The summed E-state index contributed by atoms with van der Waals surface area (Å²) in [6, 6.07) is 7.81. The number of fused-ring (bicyclic) bond motifs is 1. The number of benzene rings is 1. The van der Waals surface area contributed by atoms with Crippen molar-refractivity contribution in [3.8, 4) is 0 Å². The fraction of sp³-hybridized carbons (Fsp3) is 0.500.